The van der Waals surface area contributed by atoms with Gasteiger partial charge in [-0.1, -0.05) is 23.4 Å². The first-order valence-electron chi connectivity index (χ1n) is 6.85. The number of hydrogen-bond acceptors (Lipinski definition) is 5. The summed E-state index contributed by atoms with van der Waals surface area (Å²) < 4.78 is 0. The zero-order chi connectivity index (χ0) is 15.4. The molecule has 0 atom stereocenters. The Labute approximate surface area is 134 Å². The van der Waals surface area contributed by atoms with Crippen LogP contribution in [0, 0.1) is 20.8 Å². The summed E-state index contributed by atoms with van der Waals surface area (Å²) in [6.45, 7) is 8.92. The molecule has 0 aliphatic heterocycles. The minimum Gasteiger partial charge on any atom is -0.370 e. The summed E-state index contributed by atoms with van der Waals surface area (Å²) >= 11 is 7.76. The van der Waals surface area contributed by atoms with Gasteiger partial charge in [-0.2, -0.15) is 0 Å². The Balaban J connectivity index is 2.14. The minimum atomic E-state index is 0.653. The number of aryl methyl sites for hydroxylation is 2. The van der Waals surface area contributed by atoms with Gasteiger partial charge in [-0.3, -0.25) is 0 Å². The predicted molar refractivity (Wildman–Crippen MR) is 89.2 cm³/mol. The van der Waals surface area contributed by atoms with Gasteiger partial charge in [0.2, 0.25) is 0 Å². The number of thioether (sulfide) groups is 1. The number of rotatable bonds is 5. The monoisotopic (exact) mass is 322 g/mol. The van der Waals surface area contributed by atoms with Crippen LogP contribution in [0.15, 0.2) is 17.3 Å². The molecule has 0 fully saturated rings. The van der Waals surface area contributed by atoms with Crippen molar-refractivity contribution in [1.29, 1.82) is 0 Å². The van der Waals surface area contributed by atoms with E-state index >= 15 is 0 Å². The third-order valence-electron chi connectivity index (χ3n) is 3.23. The van der Waals surface area contributed by atoms with Gasteiger partial charge in [0.25, 0.3) is 0 Å². The van der Waals surface area contributed by atoms with Gasteiger partial charge in [0.1, 0.15) is 5.82 Å². The highest BCUT2D eigenvalue weighted by molar-refractivity contribution is 7.98. The average molecular weight is 323 g/mol. The average Bonchev–Trinajstić information content (AvgIpc) is 2.45. The molecule has 0 saturated carbocycles. The van der Waals surface area contributed by atoms with Gasteiger partial charge >= 0.3 is 0 Å². The highest BCUT2D eigenvalue weighted by Gasteiger charge is 2.09. The summed E-state index contributed by atoms with van der Waals surface area (Å²) in [6.07, 6.45) is 0. The van der Waals surface area contributed by atoms with Crippen molar-refractivity contribution in [3.63, 3.8) is 0 Å². The molecular formula is C15H19ClN4S. The Hall–Kier alpha value is -1.33. The normalized spacial score (nSPS) is 10.7. The first-order valence-corrected chi connectivity index (χ1v) is 8.21. The molecule has 0 radical (unpaired) electrons. The Morgan fingerprint density at radius 3 is 2.38 bits per heavy atom. The molecule has 2 rings (SSSR count). The van der Waals surface area contributed by atoms with E-state index in [-0.39, 0.29) is 0 Å². The van der Waals surface area contributed by atoms with E-state index in [9.17, 15) is 0 Å². The number of pyridine rings is 1. The highest BCUT2D eigenvalue weighted by Crippen LogP contribution is 2.25. The van der Waals surface area contributed by atoms with E-state index in [0.29, 0.717) is 10.8 Å². The predicted octanol–water partition coefficient (Wildman–Crippen LogP) is 4.17. The lowest BCUT2D eigenvalue weighted by atomic mass is 10.2. The molecule has 0 saturated heterocycles. The fourth-order valence-corrected chi connectivity index (χ4v) is 2.94. The molecule has 0 amide bonds. The molecule has 4 nitrogen and oxygen atoms in total. The second-order valence-corrected chi connectivity index (χ2v) is 6.10. The molecule has 0 aliphatic rings. The molecule has 2 heterocycles. The summed E-state index contributed by atoms with van der Waals surface area (Å²) in [5, 5.41) is 4.63. The van der Waals surface area contributed by atoms with Crippen molar-refractivity contribution in [2.24, 2.45) is 0 Å². The zero-order valence-electron chi connectivity index (χ0n) is 12.7. The molecule has 21 heavy (non-hydrogen) atoms. The van der Waals surface area contributed by atoms with Gasteiger partial charge in [0.15, 0.2) is 5.16 Å². The minimum absolute atomic E-state index is 0.653. The van der Waals surface area contributed by atoms with Crippen molar-refractivity contribution in [2.45, 2.75) is 38.6 Å². The van der Waals surface area contributed by atoms with Crippen LogP contribution in [0.1, 0.15) is 29.6 Å². The number of hydrogen-bond donors (Lipinski definition) is 1. The Morgan fingerprint density at radius 2 is 1.76 bits per heavy atom. The van der Waals surface area contributed by atoms with Crippen LogP contribution in [0.3, 0.4) is 0 Å². The first kappa shape index (κ1) is 16.0. The molecule has 0 unspecified atom stereocenters. The molecule has 2 aromatic heterocycles. The van der Waals surface area contributed by atoms with E-state index < -0.39 is 0 Å². The van der Waals surface area contributed by atoms with Crippen LogP contribution in [-0.2, 0) is 5.75 Å². The lowest BCUT2D eigenvalue weighted by Gasteiger charge is -2.09. The standard InChI is InChI=1S/C15H19ClN4S/c1-5-17-14-7-6-12(16)13(20-14)8-21-15-18-10(3)9(2)11(4)19-15/h6-7H,5,8H2,1-4H3,(H,17,20). The van der Waals surface area contributed by atoms with E-state index in [2.05, 4.69) is 20.3 Å². The number of halogens is 1. The zero-order valence-corrected chi connectivity index (χ0v) is 14.3. The van der Waals surface area contributed by atoms with Crippen LogP contribution in [0.4, 0.5) is 5.82 Å². The first-order chi connectivity index (χ1) is 10.0. The maximum absolute atomic E-state index is 6.21. The van der Waals surface area contributed by atoms with E-state index in [1.165, 1.54) is 0 Å². The summed E-state index contributed by atoms with van der Waals surface area (Å²) in [6, 6.07) is 3.76. The van der Waals surface area contributed by atoms with Crippen LogP contribution in [-0.4, -0.2) is 21.5 Å². The van der Waals surface area contributed by atoms with Gasteiger partial charge in [-0.15, -0.1) is 0 Å². The van der Waals surface area contributed by atoms with Gasteiger partial charge in [0, 0.05) is 23.7 Å². The van der Waals surface area contributed by atoms with E-state index in [4.69, 9.17) is 11.6 Å². The van der Waals surface area contributed by atoms with Gasteiger partial charge < -0.3 is 5.32 Å². The number of nitrogens with one attached hydrogen (secondary N) is 1. The molecule has 0 aromatic carbocycles. The van der Waals surface area contributed by atoms with Crippen molar-refractivity contribution >= 4 is 29.2 Å². The largest absolute Gasteiger partial charge is 0.370 e. The van der Waals surface area contributed by atoms with Crippen molar-refractivity contribution in [3.8, 4) is 0 Å². The molecular weight excluding hydrogens is 304 g/mol. The lowest BCUT2D eigenvalue weighted by molar-refractivity contribution is 0.880. The second kappa shape index (κ2) is 7.09. The Kier molecular flexibility index (Phi) is 5.42. The fourth-order valence-electron chi connectivity index (χ4n) is 1.80. The summed E-state index contributed by atoms with van der Waals surface area (Å²) in [5.74, 6) is 1.50. The van der Waals surface area contributed by atoms with Gasteiger partial charge in [-0.05, 0) is 45.4 Å². The lowest BCUT2D eigenvalue weighted by Crippen LogP contribution is -2.02. The van der Waals surface area contributed by atoms with Crippen molar-refractivity contribution < 1.29 is 0 Å². The molecule has 0 spiro atoms. The number of anilines is 1. The molecule has 0 aliphatic carbocycles. The number of nitrogens with zero attached hydrogens (tertiary/aromatic N) is 3. The highest BCUT2D eigenvalue weighted by atomic mass is 35.5. The second-order valence-electron chi connectivity index (χ2n) is 4.75. The summed E-state index contributed by atoms with van der Waals surface area (Å²) in [7, 11) is 0. The molecule has 6 heteroatoms. The maximum atomic E-state index is 6.21. The van der Waals surface area contributed by atoms with Crippen LogP contribution >= 0.6 is 23.4 Å². The van der Waals surface area contributed by atoms with Crippen LogP contribution in [0.5, 0.6) is 0 Å². The van der Waals surface area contributed by atoms with Crippen LogP contribution in [0.2, 0.25) is 5.02 Å². The summed E-state index contributed by atoms with van der Waals surface area (Å²) in [4.78, 5) is 13.5. The van der Waals surface area contributed by atoms with Crippen LogP contribution < -0.4 is 5.32 Å². The third kappa shape index (κ3) is 4.08. The molecule has 112 valence electrons. The van der Waals surface area contributed by atoms with Crippen molar-refractivity contribution in [1.82, 2.24) is 15.0 Å². The maximum Gasteiger partial charge on any atom is 0.188 e. The van der Waals surface area contributed by atoms with Crippen molar-refractivity contribution in [3.05, 3.63) is 39.8 Å². The van der Waals surface area contributed by atoms with E-state index in [1.807, 2.05) is 39.8 Å². The van der Waals surface area contributed by atoms with E-state index in [1.54, 1.807) is 11.8 Å². The topological polar surface area (TPSA) is 50.7 Å². The van der Waals surface area contributed by atoms with Crippen LogP contribution in [0.25, 0.3) is 0 Å². The molecule has 1 N–H and O–H groups in total. The van der Waals surface area contributed by atoms with Crippen molar-refractivity contribution in [2.75, 3.05) is 11.9 Å². The Morgan fingerprint density at radius 1 is 1.10 bits per heavy atom. The van der Waals surface area contributed by atoms with E-state index in [0.717, 1.165) is 40.2 Å². The van der Waals surface area contributed by atoms with Gasteiger partial charge in [0.05, 0.1) is 10.7 Å². The summed E-state index contributed by atoms with van der Waals surface area (Å²) in [5.41, 5.74) is 4.03. The SMILES string of the molecule is CCNc1ccc(Cl)c(CSc2nc(C)c(C)c(C)n2)n1. The quantitative estimate of drug-likeness (QED) is 0.661. The van der Waals surface area contributed by atoms with Gasteiger partial charge in [-0.25, -0.2) is 15.0 Å². The third-order valence-corrected chi connectivity index (χ3v) is 4.43. The fraction of sp³-hybridized carbons (Fsp3) is 0.400. The Bertz CT molecular complexity index is 623. The number of aromatic nitrogens is 3. The molecule has 0 bridgehead atoms. The molecule has 2 aromatic rings. The smallest absolute Gasteiger partial charge is 0.188 e.